The number of nitrogens with zero attached hydrogens (tertiary/aromatic N) is 1. The number of aliphatic hydroxyl groups is 1. The third-order valence-corrected chi connectivity index (χ3v) is 4.39. The van der Waals surface area contributed by atoms with Crippen LogP contribution < -0.4 is 4.72 Å². The topological polar surface area (TPSA) is 95.1 Å². The van der Waals surface area contributed by atoms with E-state index in [0.717, 1.165) is 0 Å². The molecule has 1 heterocycles. The third-order valence-electron chi connectivity index (χ3n) is 2.79. The minimum absolute atomic E-state index is 0.0310. The van der Waals surface area contributed by atoms with Gasteiger partial charge in [0.1, 0.15) is 16.4 Å². The molecule has 6 nitrogen and oxygen atoms in total. The quantitative estimate of drug-likeness (QED) is 0.762. The van der Waals surface area contributed by atoms with Gasteiger partial charge in [0.05, 0.1) is 12.3 Å². The van der Waals surface area contributed by atoms with Gasteiger partial charge in [-0.2, -0.15) is 5.10 Å². The van der Waals surface area contributed by atoms with Crippen LogP contribution >= 0.6 is 0 Å². The Bertz CT molecular complexity index is 712. The summed E-state index contributed by atoms with van der Waals surface area (Å²) in [6.45, 7) is 0.856. The standard InChI is InChI=1S/C12H14FN3O3S/c1-8-12(11(7-17)16-15-8)20(18,19)14-6-9-4-2-3-5-10(9)13/h2-5,14,17H,6-7H2,1H3,(H,15,16). The fourth-order valence-electron chi connectivity index (χ4n) is 1.82. The predicted octanol–water partition coefficient (Wildman–Crippen LogP) is 0.828. The summed E-state index contributed by atoms with van der Waals surface area (Å²) in [6.07, 6.45) is 0. The minimum Gasteiger partial charge on any atom is -0.390 e. The van der Waals surface area contributed by atoms with E-state index in [9.17, 15) is 12.8 Å². The van der Waals surface area contributed by atoms with Crippen molar-refractivity contribution in [2.24, 2.45) is 0 Å². The smallest absolute Gasteiger partial charge is 0.244 e. The van der Waals surface area contributed by atoms with Gasteiger partial charge in [-0.3, -0.25) is 5.10 Å². The van der Waals surface area contributed by atoms with E-state index in [1.54, 1.807) is 6.07 Å². The number of nitrogens with one attached hydrogen (secondary N) is 2. The molecular weight excluding hydrogens is 285 g/mol. The summed E-state index contributed by atoms with van der Waals surface area (Å²) >= 11 is 0. The molecule has 0 unspecified atom stereocenters. The van der Waals surface area contributed by atoms with Gasteiger partial charge >= 0.3 is 0 Å². The van der Waals surface area contributed by atoms with Crippen LogP contribution in [-0.4, -0.2) is 23.7 Å². The molecule has 0 fully saturated rings. The first kappa shape index (κ1) is 14.6. The number of aryl methyl sites for hydroxylation is 1. The number of aliphatic hydroxyl groups excluding tert-OH is 1. The van der Waals surface area contributed by atoms with Crippen molar-refractivity contribution >= 4 is 10.0 Å². The van der Waals surface area contributed by atoms with Crippen LogP contribution in [0.1, 0.15) is 17.0 Å². The Morgan fingerprint density at radius 1 is 1.40 bits per heavy atom. The Morgan fingerprint density at radius 3 is 2.75 bits per heavy atom. The number of sulfonamides is 1. The number of hydrogen-bond acceptors (Lipinski definition) is 4. The average molecular weight is 299 g/mol. The highest BCUT2D eigenvalue weighted by Crippen LogP contribution is 2.18. The van der Waals surface area contributed by atoms with E-state index in [2.05, 4.69) is 14.9 Å². The third kappa shape index (κ3) is 2.87. The molecule has 0 aliphatic rings. The molecule has 3 N–H and O–H groups in total. The molecule has 0 amide bonds. The monoisotopic (exact) mass is 299 g/mol. The van der Waals surface area contributed by atoms with Crippen LogP contribution in [0.4, 0.5) is 4.39 Å². The van der Waals surface area contributed by atoms with Gasteiger partial charge in [0.25, 0.3) is 0 Å². The molecule has 0 atom stereocenters. The number of rotatable bonds is 5. The predicted molar refractivity (Wildman–Crippen MR) is 69.7 cm³/mol. The van der Waals surface area contributed by atoms with Crippen molar-refractivity contribution in [3.8, 4) is 0 Å². The Labute approximate surface area is 115 Å². The summed E-state index contributed by atoms with van der Waals surface area (Å²) in [5.41, 5.74) is 0.585. The molecule has 20 heavy (non-hydrogen) atoms. The number of hydrogen-bond donors (Lipinski definition) is 3. The maximum absolute atomic E-state index is 13.4. The van der Waals surface area contributed by atoms with Crippen molar-refractivity contribution in [1.82, 2.24) is 14.9 Å². The van der Waals surface area contributed by atoms with E-state index in [4.69, 9.17) is 5.11 Å². The van der Waals surface area contributed by atoms with Crippen molar-refractivity contribution in [2.45, 2.75) is 25.0 Å². The van der Waals surface area contributed by atoms with E-state index in [1.807, 2.05) is 0 Å². The molecule has 0 bridgehead atoms. The van der Waals surface area contributed by atoms with Crippen LogP contribution in [0.3, 0.4) is 0 Å². The van der Waals surface area contributed by atoms with E-state index in [-0.39, 0.29) is 22.7 Å². The Balaban J connectivity index is 2.24. The maximum Gasteiger partial charge on any atom is 0.244 e. The van der Waals surface area contributed by atoms with Gasteiger partial charge in [0.2, 0.25) is 10.0 Å². The van der Waals surface area contributed by atoms with Gasteiger partial charge < -0.3 is 5.11 Å². The van der Waals surface area contributed by atoms with Crippen LogP contribution in [-0.2, 0) is 23.2 Å². The van der Waals surface area contributed by atoms with Crippen LogP contribution in [0.25, 0.3) is 0 Å². The number of aromatic amines is 1. The molecule has 0 spiro atoms. The minimum atomic E-state index is -3.88. The molecule has 0 radical (unpaired) electrons. The van der Waals surface area contributed by atoms with Crippen LogP contribution in [0, 0.1) is 12.7 Å². The molecule has 1 aromatic heterocycles. The molecule has 0 aliphatic carbocycles. The second kappa shape index (κ2) is 5.70. The summed E-state index contributed by atoms with van der Waals surface area (Å²) in [5.74, 6) is -0.485. The van der Waals surface area contributed by atoms with Crippen molar-refractivity contribution < 1.29 is 17.9 Å². The highest BCUT2D eigenvalue weighted by molar-refractivity contribution is 7.89. The van der Waals surface area contributed by atoms with Crippen LogP contribution in [0.5, 0.6) is 0 Å². The van der Waals surface area contributed by atoms with E-state index in [1.165, 1.54) is 25.1 Å². The number of benzene rings is 1. The lowest BCUT2D eigenvalue weighted by molar-refractivity contribution is 0.273. The number of H-pyrrole nitrogens is 1. The second-order valence-corrected chi connectivity index (χ2v) is 5.90. The summed E-state index contributed by atoms with van der Waals surface area (Å²) < 4.78 is 40.1. The number of aromatic nitrogens is 2. The van der Waals surface area contributed by atoms with Crippen LogP contribution in [0.2, 0.25) is 0 Å². The summed E-state index contributed by atoms with van der Waals surface area (Å²) in [7, 11) is -3.88. The Hall–Kier alpha value is -1.77. The molecule has 2 rings (SSSR count). The van der Waals surface area contributed by atoms with Crippen molar-refractivity contribution in [3.63, 3.8) is 0 Å². The lowest BCUT2D eigenvalue weighted by atomic mass is 10.2. The van der Waals surface area contributed by atoms with Gasteiger partial charge in [-0.1, -0.05) is 18.2 Å². The molecule has 8 heteroatoms. The summed E-state index contributed by atoms with van der Waals surface area (Å²) in [6, 6.07) is 5.89. The molecule has 0 aliphatic heterocycles. The van der Waals surface area contributed by atoms with Gasteiger partial charge in [-0.25, -0.2) is 17.5 Å². The van der Waals surface area contributed by atoms with E-state index >= 15 is 0 Å². The van der Waals surface area contributed by atoms with E-state index < -0.39 is 22.4 Å². The van der Waals surface area contributed by atoms with Gasteiger partial charge in [0.15, 0.2) is 0 Å². The SMILES string of the molecule is Cc1[nH]nc(CO)c1S(=O)(=O)NCc1ccccc1F. The largest absolute Gasteiger partial charge is 0.390 e. The Kier molecular flexibility index (Phi) is 4.17. The van der Waals surface area contributed by atoms with Crippen LogP contribution in [0.15, 0.2) is 29.2 Å². The van der Waals surface area contributed by atoms with Gasteiger partial charge in [-0.15, -0.1) is 0 Å². The highest BCUT2D eigenvalue weighted by atomic mass is 32.2. The zero-order valence-corrected chi connectivity index (χ0v) is 11.5. The molecule has 108 valence electrons. The maximum atomic E-state index is 13.4. The van der Waals surface area contributed by atoms with Gasteiger partial charge in [-0.05, 0) is 13.0 Å². The molecule has 0 saturated carbocycles. The first-order chi connectivity index (χ1) is 9.45. The molecule has 1 aromatic carbocycles. The highest BCUT2D eigenvalue weighted by Gasteiger charge is 2.23. The van der Waals surface area contributed by atoms with Crippen molar-refractivity contribution in [1.29, 1.82) is 0 Å². The summed E-state index contributed by atoms with van der Waals surface area (Å²) in [4.78, 5) is -0.101. The lowest BCUT2D eigenvalue weighted by Gasteiger charge is -2.08. The fraction of sp³-hybridized carbons (Fsp3) is 0.250. The molecule has 0 saturated heterocycles. The lowest BCUT2D eigenvalue weighted by Crippen LogP contribution is -2.25. The zero-order valence-electron chi connectivity index (χ0n) is 10.7. The fourth-order valence-corrected chi connectivity index (χ4v) is 3.18. The van der Waals surface area contributed by atoms with Crippen molar-refractivity contribution in [3.05, 3.63) is 47.0 Å². The summed E-state index contributed by atoms with van der Waals surface area (Å²) in [5, 5.41) is 15.3. The first-order valence-corrected chi connectivity index (χ1v) is 7.32. The van der Waals surface area contributed by atoms with Crippen molar-refractivity contribution in [2.75, 3.05) is 0 Å². The first-order valence-electron chi connectivity index (χ1n) is 5.83. The number of halogens is 1. The average Bonchev–Trinajstić information content (AvgIpc) is 2.80. The zero-order chi connectivity index (χ0) is 14.8. The molecular formula is C12H14FN3O3S. The van der Waals surface area contributed by atoms with E-state index in [0.29, 0.717) is 5.69 Å². The Morgan fingerprint density at radius 2 is 2.10 bits per heavy atom. The second-order valence-electron chi connectivity index (χ2n) is 4.20. The normalized spacial score (nSPS) is 11.8. The van der Waals surface area contributed by atoms with Gasteiger partial charge in [0, 0.05) is 12.1 Å². The molecule has 2 aromatic rings.